The van der Waals surface area contributed by atoms with Gasteiger partial charge < -0.3 is 9.80 Å². The summed E-state index contributed by atoms with van der Waals surface area (Å²) >= 11 is 0. The lowest BCUT2D eigenvalue weighted by atomic mass is 10.1. The Hall–Kier alpha value is -4.54. The molecule has 198 valence electrons. The van der Waals surface area contributed by atoms with E-state index in [1.807, 2.05) is 42.4 Å². The molecule has 0 spiro atoms. The molecule has 2 aliphatic heterocycles. The van der Waals surface area contributed by atoms with Gasteiger partial charge in [0.1, 0.15) is 6.54 Å². The van der Waals surface area contributed by atoms with Crippen LogP contribution in [0.25, 0.3) is 38.8 Å². The predicted octanol–water partition coefficient (Wildman–Crippen LogP) is 2.67. The van der Waals surface area contributed by atoms with Crippen molar-refractivity contribution >= 4 is 33.8 Å². The molecule has 5 aromatic rings. The number of pyridine rings is 1. The van der Waals surface area contributed by atoms with Gasteiger partial charge in [-0.05, 0) is 43.9 Å². The van der Waals surface area contributed by atoms with Crippen LogP contribution in [-0.2, 0) is 18.4 Å². The summed E-state index contributed by atoms with van der Waals surface area (Å²) in [7, 11) is 1.75. The maximum Gasteiger partial charge on any atom is 0.333 e. The van der Waals surface area contributed by atoms with E-state index in [-0.39, 0.29) is 18.1 Å². The lowest BCUT2D eigenvalue weighted by Gasteiger charge is -2.30. The van der Waals surface area contributed by atoms with Crippen molar-refractivity contribution in [1.82, 2.24) is 38.8 Å². The van der Waals surface area contributed by atoms with Gasteiger partial charge in [-0.3, -0.25) is 23.6 Å². The number of aryl methyl sites for hydroxylation is 2. The fraction of sp³-hybridized carbons (Fsp3) is 0.357. The van der Waals surface area contributed by atoms with Gasteiger partial charge in [0.25, 0.3) is 0 Å². The molecule has 2 fully saturated rings. The zero-order valence-electron chi connectivity index (χ0n) is 22.0. The van der Waals surface area contributed by atoms with E-state index in [0.717, 1.165) is 66.1 Å². The first-order valence-corrected chi connectivity index (χ1v) is 13.4. The molecule has 2 saturated heterocycles. The SMILES string of the molecule is Cc1nn(CC(=O)N2CCC2)cc1-n1c(=O)n(C)c2cnc3ccc(-c4cnc(N5CCCC5)nc4)cc3c21. The molecule has 7 rings (SSSR count). The summed E-state index contributed by atoms with van der Waals surface area (Å²) in [6.07, 6.45) is 10.6. The topological polar surface area (TPSA) is 107 Å². The van der Waals surface area contributed by atoms with E-state index in [9.17, 15) is 9.59 Å². The van der Waals surface area contributed by atoms with Crippen LogP contribution in [0.4, 0.5) is 5.95 Å². The first-order chi connectivity index (χ1) is 19.0. The Morgan fingerprint density at radius 3 is 2.44 bits per heavy atom. The van der Waals surface area contributed by atoms with E-state index >= 15 is 0 Å². The van der Waals surface area contributed by atoms with Crippen molar-refractivity contribution in [3.05, 3.63) is 59.2 Å². The number of hydrogen-bond donors (Lipinski definition) is 0. The molecule has 0 N–H and O–H groups in total. The summed E-state index contributed by atoms with van der Waals surface area (Å²) in [6.45, 7) is 5.59. The number of anilines is 1. The first-order valence-electron chi connectivity index (χ1n) is 13.4. The van der Waals surface area contributed by atoms with Gasteiger partial charge in [0, 0.05) is 56.6 Å². The molecular formula is C28H29N9O2. The normalized spacial score (nSPS) is 15.4. The molecule has 11 nitrogen and oxygen atoms in total. The smallest absolute Gasteiger partial charge is 0.333 e. The molecule has 0 unspecified atom stereocenters. The molecule has 1 aromatic carbocycles. The van der Waals surface area contributed by atoms with Gasteiger partial charge in [0.15, 0.2) is 0 Å². The average molecular weight is 524 g/mol. The van der Waals surface area contributed by atoms with E-state index in [0.29, 0.717) is 16.9 Å². The summed E-state index contributed by atoms with van der Waals surface area (Å²) < 4.78 is 4.91. The number of carbonyl (C=O) groups excluding carboxylic acids is 1. The molecule has 11 heteroatoms. The minimum atomic E-state index is -0.195. The van der Waals surface area contributed by atoms with Crippen molar-refractivity contribution < 1.29 is 4.79 Å². The minimum absolute atomic E-state index is 0.0397. The third-order valence-electron chi connectivity index (χ3n) is 7.91. The van der Waals surface area contributed by atoms with Crippen molar-refractivity contribution in [2.45, 2.75) is 32.7 Å². The van der Waals surface area contributed by atoms with Crippen LogP contribution in [0.2, 0.25) is 0 Å². The van der Waals surface area contributed by atoms with Crippen molar-refractivity contribution in [2.75, 3.05) is 31.1 Å². The Kier molecular flexibility index (Phi) is 5.46. The number of nitrogens with zero attached hydrogens (tertiary/aromatic N) is 9. The quantitative estimate of drug-likeness (QED) is 0.349. The van der Waals surface area contributed by atoms with E-state index in [4.69, 9.17) is 0 Å². The number of carbonyl (C=O) groups is 1. The second kappa shape index (κ2) is 9.04. The predicted molar refractivity (Wildman–Crippen MR) is 148 cm³/mol. The third-order valence-corrected chi connectivity index (χ3v) is 7.91. The zero-order valence-corrected chi connectivity index (χ0v) is 22.0. The van der Waals surface area contributed by atoms with Gasteiger partial charge in [0.2, 0.25) is 11.9 Å². The molecule has 0 atom stereocenters. The highest BCUT2D eigenvalue weighted by molar-refractivity contribution is 6.04. The number of fused-ring (bicyclic) bond motifs is 3. The lowest BCUT2D eigenvalue weighted by Crippen LogP contribution is -2.43. The number of likely N-dealkylation sites (tertiary alicyclic amines) is 1. The van der Waals surface area contributed by atoms with Gasteiger partial charge in [-0.2, -0.15) is 5.10 Å². The van der Waals surface area contributed by atoms with Crippen molar-refractivity contribution in [3.8, 4) is 16.8 Å². The fourth-order valence-corrected chi connectivity index (χ4v) is 5.56. The monoisotopic (exact) mass is 523 g/mol. The van der Waals surface area contributed by atoms with Crippen LogP contribution in [0, 0.1) is 6.92 Å². The number of benzene rings is 1. The van der Waals surface area contributed by atoms with Crippen LogP contribution in [0.1, 0.15) is 25.0 Å². The Morgan fingerprint density at radius 2 is 1.72 bits per heavy atom. The summed E-state index contributed by atoms with van der Waals surface area (Å²) in [4.78, 5) is 44.0. The van der Waals surface area contributed by atoms with Gasteiger partial charge in [-0.15, -0.1) is 0 Å². The van der Waals surface area contributed by atoms with Crippen molar-refractivity contribution in [1.29, 1.82) is 0 Å². The number of rotatable bonds is 5. The van der Waals surface area contributed by atoms with E-state index < -0.39 is 0 Å². The molecular weight excluding hydrogens is 494 g/mol. The fourth-order valence-electron chi connectivity index (χ4n) is 5.56. The summed E-state index contributed by atoms with van der Waals surface area (Å²) in [6, 6.07) is 6.01. The minimum Gasteiger partial charge on any atom is -0.341 e. The molecule has 6 heterocycles. The van der Waals surface area contributed by atoms with Crippen LogP contribution >= 0.6 is 0 Å². The van der Waals surface area contributed by atoms with E-state index in [2.05, 4.69) is 25.0 Å². The average Bonchev–Trinajstić information content (AvgIpc) is 3.62. The van der Waals surface area contributed by atoms with Crippen molar-refractivity contribution in [3.63, 3.8) is 0 Å². The lowest BCUT2D eigenvalue weighted by molar-refractivity contribution is -0.135. The Labute approximate surface area is 224 Å². The van der Waals surface area contributed by atoms with Crippen LogP contribution in [0.3, 0.4) is 0 Å². The number of imidazole rings is 1. The van der Waals surface area contributed by atoms with Gasteiger partial charge >= 0.3 is 5.69 Å². The summed E-state index contributed by atoms with van der Waals surface area (Å²) in [5.41, 5.74) is 5.22. The summed E-state index contributed by atoms with van der Waals surface area (Å²) in [5.74, 6) is 0.802. The van der Waals surface area contributed by atoms with Gasteiger partial charge in [-0.25, -0.2) is 14.8 Å². The maximum atomic E-state index is 13.6. The second-order valence-electron chi connectivity index (χ2n) is 10.4. The molecule has 0 saturated carbocycles. The highest BCUT2D eigenvalue weighted by Gasteiger charge is 2.23. The summed E-state index contributed by atoms with van der Waals surface area (Å²) in [5, 5.41) is 5.42. The molecule has 39 heavy (non-hydrogen) atoms. The molecule has 0 aliphatic carbocycles. The largest absolute Gasteiger partial charge is 0.341 e. The van der Waals surface area contributed by atoms with E-state index in [1.165, 1.54) is 12.8 Å². The third kappa shape index (κ3) is 3.87. The highest BCUT2D eigenvalue weighted by atomic mass is 16.2. The van der Waals surface area contributed by atoms with Crippen molar-refractivity contribution in [2.24, 2.45) is 7.05 Å². The maximum absolute atomic E-state index is 13.6. The second-order valence-corrected chi connectivity index (χ2v) is 10.4. The zero-order chi connectivity index (χ0) is 26.7. The van der Waals surface area contributed by atoms with Crippen LogP contribution in [0.5, 0.6) is 0 Å². The standard InChI is InChI=1S/C28H29N9O2/c1-18-24(16-36(32-18)17-25(38)34-10-5-11-34)37-26-21-12-19(6-7-22(21)29-15-23(26)33(2)28(37)39)20-13-30-27(31-14-20)35-8-3-4-9-35/h6-7,12-16H,3-5,8-11,17H2,1-2H3. The van der Waals surface area contributed by atoms with Crippen LogP contribution < -0.4 is 10.6 Å². The number of hydrogen-bond acceptors (Lipinski definition) is 7. The molecule has 4 aromatic heterocycles. The van der Waals surface area contributed by atoms with Gasteiger partial charge in [-0.1, -0.05) is 6.07 Å². The molecule has 0 bridgehead atoms. The first kappa shape index (κ1) is 23.6. The van der Waals surface area contributed by atoms with Crippen LogP contribution in [-0.4, -0.2) is 70.9 Å². The number of aromatic nitrogens is 7. The molecule has 0 radical (unpaired) electrons. The highest BCUT2D eigenvalue weighted by Crippen LogP contribution is 2.30. The molecule has 2 aliphatic rings. The molecule has 1 amide bonds. The van der Waals surface area contributed by atoms with E-state index in [1.54, 1.807) is 33.3 Å². The Bertz CT molecular complexity index is 1790. The van der Waals surface area contributed by atoms with Gasteiger partial charge in [0.05, 0.1) is 40.3 Å². The Balaban J connectivity index is 1.33. The Morgan fingerprint density at radius 1 is 0.949 bits per heavy atom. The van der Waals surface area contributed by atoms with Crippen LogP contribution in [0.15, 0.2) is 47.8 Å². The number of amides is 1.